The highest BCUT2D eigenvalue weighted by Crippen LogP contribution is 2.24. The lowest BCUT2D eigenvalue weighted by Crippen LogP contribution is -2.37. The molecule has 2 rings (SSSR count). The van der Waals surface area contributed by atoms with Crippen LogP contribution in [0.3, 0.4) is 0 Å². The van der Waals surface area contributed by atoms with Gasteiger partial charge in [-0.05, 0) is 57.4 Å². The zero-order chi connectivity index (χ0) is 18.6. The first kappa shape index (κ1) is 19.6. The third-order valence-corrected chi connectivity index (χ3v) is 4.35. The van der Waals surface area contributed by atoms with Gasteiger partial charge in [0, 0.05) is 23.9 Å². The summed E-state index contributed by atoms with van der Waals surface area (Å²) in [6.07, 6.45) is 1.48. The van der Waals surface area contributed by atoms with Crippen LogP contribution in [-0.2, 0) is 20.7 Å². The third-order valence-electron chi connectivity index (χ3n) is 3.77. The molecule has 138 valence electrons. The molecule has 9 heteroatoms. The molecule has 0 aromatic carbocycles. The van der Waals surface area contributed by atoms with Crippen LogP contribution >= 0.6 is 11.8 Å². The maximum absolute atomic E-state index is 12.4. The van der Waals surface area contributed by atoms with Crippen LogP contribution in [0.1, 0.15) is 43.1 Å². The first-order valence-corrected chi connectivity index (χ1v) is 8.93. The minimum absolute atomic E-state index is 0.0155. The van der Waals surface area contributed by atoms with E-state index in [1.54, 1.807) is 13.8 Å². The number of thioether (sulfide) groups is 1. The molecule has 1 aromatic heterocycles. The fourth-order valence-corrected chi connectivity index (χ4v) is 2.82. The van der Waals surface area contributed by atoms with Crippen LogP contribution in [0.25, 0.3) is 0 Å². The molecule has 0 bridgehead atoms. The van der Waals surface area contributed by atoms with Gasteiger partial charge in [-0.25, -0.2) is 9.97 Å². The number of amides is 1. The van der Waals surface area contributed by atoms with Crippen LogP contribution in [0.2, 0.25) is 0 Å². The maximum atomic E-state index is 12.4. The highest BCUT2D eigenvalue weighted by Gasteiger charge is 2.27. The van der Waals surface area contributed by atoms with Crippen LogP contribution in [-0.4, -0.2) is 39.7 Å². The van der Waals surface area contributed by atoms with Gasteiger partial charge in [-0.3, -0.25) is 9.59 Å². The van der Waals surface area contributed by atoms with Gasteiger partial charge >= 0.3 is 5.97 Å². The Kier molecular flexibility index (Phi) is 6.69. The van der Waals surface area contributed by atoms with Gasteiger partial charge in [-0.2, -0.15) is 8.78 Å². The van der Waals surface area contributed by atoms with Gasteiger partial charge in [0.25, 0.3) is 11.7 Å². The molecule has 6 nitrogen and oxygen atoms in total. The van der Waals surface area contributed by atoms with E-state index in [2.05, 4.69) is 15.3 Å². The van der Waals surface area contributed by atoms with Crippen LogP contribution in [0, 0.1) is 13.8 Å². The standard InChI is InChI=1S/C16H21F2N3O3S/c1-8-12(9(2)20-16(19-8)25-15(17)18)6-7-13(22)24-10(3)14(23)21-11-4-5-11/h10-11,15H,4-7H2,1-3H3,(H,21,23)/t10-/m1/s1. The molecule has 1 saturated carbocycles. The summed E-state index contributed by atoms with van der Waals surface area (Å²) in [7, 11) is 0. The lowest BCUT2D eigenvalue weighted by Gasteiger charge is -2.14. The molecular formula is C16H21F2N3O3S. The smallest absolute Gasteiger partial charge is 0.306 e. The topological polar surface area (TPSA) is 81.2 Å². The average molecular weight is 373 g/mol. The van der Waals surface area contributed by atoms with E-state index in [0.29, 0.717) is 17.8 Å². The molecule has 1 fully saturated rings. The number of halogens is 2. The Labute approximate surface area is 149 Å². The molecular weight excluding hydrogens is 352 g/mol. The summed E-state index contributed by atoms with van der Waals surface area (Å²) in [6.45, 7) is 4.92. The predicted molar refractivity (Wildman–Crippen MR) is 88.4 cm³/mol. The van der Waals surface area contributed by atoms with E-state index in [0.717, 1.165) is 18.4 Å². The second-order valence-electron chi connectivity index (χ2n) is 5.95. The van der Waals surface area contributed by atoms with E-state index in [4.69, 9.17) is 4.74 Å². The van der Waals surface area contributed by atoms with Crippen molar-refractivity contribution in [2.75, 3.05) is 0 Å². The number of alkyl halides is 2. The first-order valence-electron chi connectivity index (χ1n) is 8.05. The minimum atomic E-state index is -2.58. The van der Waals surface area contributed by atoms with Crippen molar-refractivity contribution in [3.63, 3.8) is 0 Å². The Hall–Kier alpha value is -1.77. The van der Waals surface area contributed by atoms with Crippen LogP contribution in [0.5, 0.6) is 0 Å². The van der Waals surface area contributed by atoms with Crippen molar-refractivity contribution >= 4 is 23.6 Å². The number of nitrogens with one attached hydrogen (secondary N) is 1. The van der Waals surface area contributed by atoms with Gasteiger partial charge in [-0.1, -0.05) is 0 Å². The molecule has 0 radical (unpaired) electrons. The number of rotatable bonds is 8. The molecule has 0 spiro atoms. The van der Waals surface area contributed by atoms with Crippen LogP contribution in [0.4, 0.5) is 8.78 Å². The summed E-state index contributed by atoms with van der Waals surface area (Å²) in [5.74, 6) is -3.37. The number of esters is 1. The molecule has 0 saturated heterocycles. The zero-order valence-corrected chi connectivity index (χ0v) is 15.2. The van der Waals surface area contributed by atoms with Crippen molar-refractivity contribution in [3.8, 4) is 0 Å². The van der Waals surface area contributed by atoms with E-state index in [1.165, 1.54) is 6.92 Å². The summed E-state index contributed by atoms with van der Waals surface area (Å²) < 4.78 is 29.9. The lowest BCUT2D eigenvalue weighted by atomic mass is 10.1. The summed E-state index contributed by atoms with van der Waals surface area (Å²) in [4.78, 5) is 31.8. The largest absolute Gasteiger partial charge is 0.453 e. The summed E-state index contributed by atoms with van der Waals surface area (Å²) in [5.41, 5.74) is 1.84. The number of hydrogen-bond acceptors (Lipinski definition) is 6. The van der Waals surface area contributed by atoms with Gasteiger partial charge in [0.05, 0.1) is 0 Å². The summed E-state index contributed by atoms with van der Waals surface area (Å²) in [5, 5.41) is 2.79. The Morgan fingerprint density at radius 1 is 1.28 bits per heavy atom. The number of hydrogen-bond donors (Lipinski definition) is 1. The van der Waals surface area contributed by atoms with E-state index < -0.39 is 17.8 Å². The number of nitrogens with zero attached hydrogens (tertiary/aromatic N) is 2. The molecule has 1 amide bonds. The fraction of sp³-hybridized carbons (Fsp3) is 0.625. The fourth-order valence-electron chi connectivity index (χ4n) is 2.29. The molecule has 0 aliphatic heterocycles. The molecule has 0 unspecified atom stereocenters. The lowest BCUT2D eigenvalue weighted by molar-refractivity contribution is -0.154. The Bertz CT molecular complexity index is 631. The van der Waals surface area contributed by atoms with E-state index >= 15 is 0 Å². The minimum Gasteiger partial charge on any atom is -0.453 e. The molecule has 25 heavy (non-hydrogen) atoms. The van der Waals surface area contributed by atoms with E-state index in [9.17, 15) is 18.4 Å². The highest BCUT2D eigenvalue weighted by atomic mass is 32.2. The SMILES string of the molecule is Cc1nc(SC(F)F)nc(C)c1CCC(=O)O[C@H](C)C(=O)NC1CC1. The van der Waals surface area contributed by atoms with Crippen molar-refractivity contribution in [1.82, 2.24) is 15.3 Å². The van der Waals surface area contributed by atoms with E-state index in [-0.39, 0.29) is 35.3 Å². The van der Waals surface area contributed by atoms with E-state index in [1.807, 2.05) is 0 Å². The molecule has 1 atom stereocenters. The van der Waals surface area contributed by atoms with Crippen molar-refractivity contribution < 1.29 is 23.1 Å². The van der Waals surface area contributed by atoms with Crippen LogP contribution < -0.4 is 5.32 Å². The molecule has 1 aromatic rings. The summed E-state index contributed by atoms with van der Waals surface area (Å²) >= 11 is 0.290. The zero-order valence-electron chi connectivity index (χ0n) is 14.3. The maximum Gasteiger partial charge on any atom is 0.306 e. The highest BCUT2D eigenvalue weighted by molar-refractivity contribution is 7.99. The number of carbonyl (C=O) groups is 2. The molecule has 1 aliphatic carbocycles. The second-order valence-corrected chi connectivity index (χ2v) is 6.91. The van der Waals surface area contributed by atoms with Gasteiger partial charge in [0.15, 0.2) is 11.3 Å². The predicted octanol–water partition coefficient (Wildman–Crippen LogP) is 2.55. The number of aryl methyl sites for hydroxylation is 2. The van der Waals surface area contributed by atoms with Gasteiger partial charge in [0.1, 0.15) is 0 Å². The molecule has 1 aliphatic rings. The Balaban J connectivity index is 1.87. The second kappa shape index (κ2) is 8.55. The van der Waals surface area contributed by atoms with Crippen molar-refractivity contribution in [2.24, 2.45) is 0 Å². The monoisotopic (exact) mass is 373 g/mol. The quantitative estimate of drug-likeness (QED) is 0.428. The van der Waals surface area contributed by atoms with Gasteiger partial charge in [0.2, 0.25) is 0 Å². The summed E-state index contributed by atoms with van der Waals surface area (Å²) in [6, 6.07) is 0.209. The number of carbonyl (C=O) groups excluding carboxylic acids is 2. The Morgan fingerprint density at radius 3 is 2.40 bits per heavy atom. The normalized spacial score (nSPS) is 15.1. The molecule has 1 heterocycles. The van der Waals surface area contributed by atoms with Crippen molar-refractivity contribution in [2.45, 2.75) is 69.5 Å². The van der Waals surface area contributed by atoms with Crippen molar-refractivity contribution in [1.29, 1.82) is 0 Å². The van der Waals surface area contributed by atoms with Gasteiger partial charge in [-0.15, -0.1) is 0 Å². The van der Waals surface area contributed by atoms with Crippen LogP contribution in [0.15, 0.2) is 5.16 Å². The van der Waals surface area contributed by atoms with Gasteiger partial charge < -0.3 is 10.1 Å². The third kappa shape index (κ3) is 6.22. The van der Waals surface area contributed by atoms with Crippen molar-refractivity contribution in [3.05, 3.63) is 17.0 Å². The molecule has 1 N–H and O–H groups in total. The first-order chi connectivity index (χ1) is 11.8. The average Bonchev–Trinajstić information content (AvgIpc) is 3.29. The Morgan fingerprint density at radius 2 is 1.88 bits per heavy atom. The number of ether oxygens (including phenoxy) is 1. The number of aromatic nitrogens is 2.